The van der Waals surface area contributed by atoms with Crippen LogP contribution in [0.1, 0.15) is 70.9 Å². The summed E-state index contributed by atoms with van der Waals surface area (Å²) < 4.78 is 22.2. The normalized spacial score (nSPS) is 25.6. The lowest BCUT2D eigenvalue weighted by Crippen LogP contribution is -2.55. The van der Waals surface area contributed by atoms with Gasteiger partial charge >= 0.3 is 13.9 Å². The van der Waals surface area contributed by atoms with E-state index >= 15 is 0 Å². The Hall–Kier alpha value is -1.60. The number of aryl methyl sites for hydroxylation is 1. The highest BCUT2D eigenvalue weighted by molar-refractivity contribution is 7.46. The van der Waals surface area contributed by atoms with Crippen molar-refractivity contribution in [2.75, 3.05) is 6.61 Å². The van der Waals surface area contributed by atoms with Gasteiger partial charge in [0.15, 0.2) is 0 Å². The Morgan fingerprint density at radius 1 is 1.06 bits per heavy atom. The number of amides is 1. The number of nitrogens with one attached hydrogen (secondary N) is 1. The molecule has 0 heterocycles. The summed E-state index contributed by atoms with van der Waals surface area (Å²) >= 11 is 0. The van der Waals surface area contributed by atoms with E-state index in [1.807, 2.05) is 12.1 Å². The molecular weight excluding hydrogens is 445 g/mol. The van der Waals surface area contributed by atoms with E-state index < -0.39 is 26.1 Å². The van der Waals surface area contributed by atoms with Crippen LogP contribution >= 0.6 is 7.82 Å². The van der Waals surface area contributed by atoms with Gasteiger partial charge < -0.3 is 24.9 Å². The van der Waals surface area contributed by atoms with Gasteiger partial charge in [0.25, 0.3) is 0 Å². The van der Waals surface area contributed by atoms with Gasteiger partial charge in [-0.15, -0.1) is 0 Å². The molecule has 1 fully saturated rings. The van der Waals surface area contributed by atoms with E-state index in [2.05, 4.69) is 36.7 Å². The molecule has 0 aromatic heterocycles. The highest BCUT2D eigenvalue weighted by Crippen LogP contribution is 2.41. The maximum absolute atomic E-state index is 11.4. The Labute approximate surface area is 196 Å². The maximum atomic E-state index is 11.4. The lowest BCUT2D eigenvalue weighted by Gasteiger charge is -2.40. The van der Waals surface area contributed by atoms with Crippen molar-refractivity contribution in [1.82, 2.24) is 5.32 Å². The fourth-order valence-corrected chi connectivity index (χ4v) is 5.74. The van der Waals surface area contributed by atoms with Crippen molar-refractivity contribution in [3.63, 3.8) is 0 Å². The van der Waals surface area contributed by atoms with Crippen LogP contribution in [0.25, 0.3) is 0 Å². The molecule has 8 nitrogen and oxygen atoms in total. The molecule has 0 saturated heterocycles. The van der Waals surface area contributed by atoms with Crippen LogP contribution in [0.15, 0.2) is 18.2 Å². The summed E-state index contributed by atoms with van der Waals surface area (Å²) in [5.41, 5.74) is 1.50. The molecule has 0 radical (unpaired) electrons. The van der Waals surface area contributed by atoms with E-state index in [4.69, 9.17) is 14.5 Å². The molecule has 1 saturated carbocycles. The van der Waals surface area contributed by atoms with Crippen LogP contribution in [0.4, 0.5) is 4.79 Å². The Bertz CT molecular complexity index is 885. The van der Waals surface area contributed by atoms with E-state index in [0.717, 1.165) is 36.5 Å². The van der Waals surface area contributed by atoms with Gasteiger partial charge in [-0.3, -0.25) is 4.52 Å². The molecule has 2 aliphatic carbocycles. The van der Waals surface area contributed by atoms with Gasteiger partial charge in [0.05, 0.1) is 18.2 Å². The van der Waals surface area contributed by atoms with Crippen molar-refractivity contribution in [1.29, 1.82) is 0 Å². The number of hydrogen-bond donors (Lipinski definition) is 4. The van der Waals surface area contributed by atoms with Crippen LogP contribution in [-0.2, 0) is 21.9 Å². The van der Waals surface area contributed by atoms with Gasteiger partial charge in [-0.25, -0.2) is 9.36 Å². The molecule has 1 aromatic carbocycles. The minimum atomic E-state index is -4.71. The van der Waals surface area contributed by atoms with Crippen LogP contribution in [0.5, 0.6) is 5.75 Å². The number of hydrogen-bond acceptors (Lipinski definition) is 4. The molecule has 9 heteroatoms. The molecule has 186 valence electrons. The summed E-state index contributed by atoms with van der Waals surface area (Å²) in [7, 11) is -4.71. The van der Waals surface area contributed by atoms with E-state index in [1.165, 1.54) is 18.4 Å². The first kappa shape index (κ1) is 26.0. The standard InChI is InChI=1S/C24H38NO7P/c1-23(2,3)18-8-11-20(12-9-18)32-21-10-6-16-13-19(7-5-17(16)14-21)24(4,25-22(26)27)15-31-33(28,29)30/h6,10,14,18-20,25H,5,7-9,11-13,15H2,1-4H3,(H,26,27)(H2,28,29,30)/t18-,19-,20-,24+/m1/s1. The molecule has 33 heavy (non-hydrogen) atoms. The highest BCUT2D eigenvalue weighted by Gasteiger charge is 2.40. The van der Waals surface area contributed by atoms with Crippen LogP contribution in [-0.4, -0.2) is 39.2 Å². The zero-order valence-corrected chi connectivity index (χ0v) is 20.9. The van der Waals surface area contributed by atoms with Gasteiger partial charge in [0, 0.05) is 0 Å². The molecular formula is C24H38NO7P. The minimum absolute atomic E-state index is 0.160. The number of ether oxygens (including phenoxy) is 1. The average Bonchev–Trinajstić information content (AvgIpc) is 2.71. The monoisotopic (exact) mass is 483 g/mol. The summed E-state index contributed by atoms with van der Waals surface area (Å²) in [6.07, 6.45) is 5.51. The van der Waals surface area contributed by atoms with Crippen molar-refractivity contribution in [2.45, 2.75) is 84.3 Å². The SMILES string of the molecule is CC(C)(C)[C@H]1CC[C@H](Oc2ccc3c(c2)CC[C@@H]([C@](C)(COP(=O)(O)O)NC(=O)O)C3)CC1. The predicted octanol–water partition coefficient (Wildman–Crippen LogP) is 4.91. The number of carbonyl (C=O) groups is 1. The summed E-state index contributed by atoms with van der Waals surface area (Å²) in [6, 6.07) is 6.10. The lowest BCUT2D eigenvalue weighted by atomic mass is 9.72. The molecule has 3 rings (SSSR count). The summed E-state index contributed by atoms with van der Waals surface area (Å²) in [5.74, 6) is 1.45. The second-order valence-electron chi connectivity index (χ2n) is 10.9. The maximum Gasteiger partial charge on any atom is 0.469 e. The summed E-state index contributed by atoms with van der Waals surface area (Å²) in [5, 5.41) is 11.7. The smallest absolute Gasteiger partial charge is 0.469 e. The van der Waals surface area contributed by atoms with Crippen LogP contribution in [0, 0.1) is 17.3 Å². The minimum Gasteiger partial charge on any atom is -0.490 e. The molecule has 0 unspecified atom stereocenters. The molecule has 1 amide bonds. The van der Waals surface area contributed by atoms with Crippen LogP contribution in [0.3, 0.4) is 0 Å². The number of fused-ring (bicyclic) bond motifs is 1. The van der Waals surface area contributed by atoms with Gasteiger partial charge in [0.2, 0.25) is 0 Å². The first-order valence-corrected chi connectivity index (χ1v) is 13.3. The van der Waals surface area contributed by atoms with Crippen LogP contribution < -0.4 is 10.1 Å². The van der Waals surface area contributed by atoms with Gasteiger partial charge in [-0.1, -0.05) is 26.8 Å². The first-order chi connectivity index (χ1) is 15.2. The number of rotatable bonds is 7. The third-order valence-electron chi connectivity index (χ3n) is 7.43. The third kappa shape index (κ3) is 7.19. The largest absolute Gasteiger partial charge is 0.490 e. The van der Waals surface area contributed by atoms with E-state index in [0.29, 0.717) is 18.3 Å². The van der Waals surface area contributed by atoms with Gasteiger partial charge in [-0.05, 0) is 92.4 Å². The van der Waals surface area contributed by atoms with Crippen LogP contribution in [0.2, 0.25) is 0 Å². The zero-order valence-electron chi connectivity index (χ0n) is 20.0. The quantitative estimate of drug-likeness (QED) is 0.406. The zero-order chi connectivity index (χ0) is 24.4. The number of carboxylic acid groups (broad SMARTS) is 1. The third-order valence-corrected chi connectivity index (χ3v) is 7.90. The van der Waals surface area contributed by atoms with Crippen molar-refractivity contribution in [3.8, 4) is 5.75 Å². The summed E-state index contributed by atoms with van der Waals surface area (Å²) in [4.78, 5) is 29.5. The lowest BCUT2D eigenvalue weighted by molar-refractivity contribution is 0.0872. The van der Waals surface area contributed by atoms with Crippen molar-refractivity contribution >= 4 is 13.9 Å². The first-order valence-electron chi connectivity index (χ1n) is 11.7. The number of phosphoric ester groups is 1. The Balaban J connectivity index is 1.64. The average molecular weight is 484 g/mol. The molecule has 0 bridgehead atoms. The van der Waals surface area contributed by atoms with Crippen molar-refractivity contribution in [3.05, 3.63) is 29.3 Å². The Morgan fingerprint density at radius 3 is 2.30 bits per heavy atom. The highest BCUT2D eigenvalue weighted by atomic mass is 31.2. The van der Waals surface area contributed by atoms with Gasteiger partial charge in [0.1, 0.15) is 5.75 Å². The molecule has 4 N–H and O–H groups in total. The van der Waals surface area contributed by atoms with E-state index in [9.17, 15) is 14.5 Å². The van der Waals surface area contributed by atoms with Crippen molar-refractivity contribution in [2.24, 2.45) is 17.3 Å². The van der Waals surface area contributed by atoms with E-state index in [1.54, 1.807) is 6.92 Å². The second-order valence-corrected chi connectivity index (χ2v) is 12.2. The second kappa shape index (κ2) is 9.95. The van der Waals surface area contributed by atoms with Crippen molar-refractivity contribution < 1.29 is 33.5 Å². The fraction of sp³-hybridized carbons (Fsp3) is 0.708. The molecule has 2 atom stereocenters. The molecule has 2 aliphatic rings. The number of phosphoric acid groups is 1. The molecule has 0 aliphatic heterocycles. The predicted molar refractivity (Wildman–Crippen MR) is 125 cm³/mol. The topological polar surface area (TPSA) is 125 Å². The fourth-order valence-electron chi connectivity index (χ4n) is 5.31. The van der Waals surface area contributed by atoms with Gasteiger partial charge in [-0.2, -0.15) is 0 Å². The summed E-state index contributed by atoms with van der Waals surface area (Å²) in [6.45, 7) is 8.17. The molecule has 0 spiro atoms. The Morgan fingerprint density at radius 2 is 1.73 bits per heavy atom. The Kier molecular flexibility index (Phi) is 7.84. The number of benzene rings is 1. The van der Waals surface area contributed by atoms with E-state index in [-0.39, 0.29) is 12.0 Å². The molecule has 1 aromatic rings.